The van der Waals surface area contributed by atoms with Crippen molar-refractivity contribution in [2.45, 2.75) is 49.8 Å². The normalized spacial score (nSPS) is 20.5. The topological polar surface area (TPSA) is 91.9 Å². The Balaban J connectivity index is 1.42. The lowest BCUT2D eigenvalue weighted by molar-refractivity contribution is -0.0386. The highest BCUT2D eigenvalue weighted by Crippen LogP contribution is 2.40. The minimum atomic E-state index is -0.504. The van der Waals surface area contributed by atoms with Crippen molar-refractivity contribution in [3.8, 4) is 10.6 Å². The van der Waals surface area contributed by atoms with Gasteiger partial charge in [0.15, 0.2) is 5.58 Å². The van der Waals surface area contributed by atoms with Gasteiger partial charge in [-0.25, -0.2) is 9.78 Å². The summed E-state index contributed by atoms with van der Waals surface area (Å²) in [5, 5.41) is 12.1. The minimum Gasteiger partial charge on any atom is -0.444 e. The molecule has 1 N–H and O–H groups in total. The lowest BCUT2D eigenvalue weighted by Gasteiger charge is -2.55. The van der Waals surface area contributed by atoms with Crippen molar-refractivity contribution >= 4 is 46.3 Å². The summed E-state index contributed by atoms with van der Waals surface area (Å²) in [5.41, 5.74) is 1.91. The number of anilines is 1. The number of nitrogens with zero attached hydrogens (tertiary/aromatic N) is 4. The van der Waals surface area contributed by atoms with Crippen LogP contribution in [0.5, 0.6) is 0 Å². The van der Waals surface area contributed by atoms with Crippen LogP contribution in [-0.4, -0.2) is 69.2 Å². The number of amides is 1. The number of benzene rings is 1. The van der Waals surface area contributed by atoms with E-state index in [0.717, 1.165) is 27.4 Å². The highest BCUT2D eigenvalue weighted by molar-refractivity contribution is 7.99. The second-order valence-electron chi connectivity index (χ2n) is 9.03. The van der Waals surface area contributed by atoms with Crippen molar-refractivity contribution in [2.24, 2.45) is 0 Å². The van der Waals surface area contributed by atoms with E-state index in [-0.39, 0.29) is 24.8 Å². The fourth-order valence-corrected chi connectivity index (χ4v) is 5.69. The largest absolute Gasteiger partial charge is 0.444 e. The predicted molar refractivity (Wildman–Crippen MR) is 125 cm³/mol. The van der Waals surface area contributed by atoms with Crippen LogP contribution in [0.2, 0.25) is 0 Å². The summed E-state index contributed by atoms with van der Waals surface area (Å²) in [4.78, 5) is 26.8. The first kappa shape index (κ1) is 21.5. The lowest BCUT2D eigenvalue weighted by Crippen LogP contribution is -2.70. The first-order valence-corrected chi connectivity index (χ1v) is 12.5. The molecule has 0 spiro atoms. The Kier molecular flexibility index (Phi) is 5.55. The second kappa shape index (κ2) is 8.24. The molecule has 1 amide bonds. The molecule has 3 aliphatic rings. The molecule has 5 heterocycles. The number of thioether (sulfide) groups is 1. The van der Waals surface area contributed by atoms with Crippen LogP contribution in [0.3, 0.4) is 0 Å². The van der Waals surface area contributed by atoms with E-state index in [4.69, 9.17) is 14.1 Å². The van der Waals surface area contributed by atoms with Gasteiger partial charge < -0.3 is 19.2 Å². The molecule has 1 aromatic carbocycles. The third-order valence-corrected chi connectivity index (χ3v) is 7.41. The Morgan fingerprint density at radius 2 is 2.12 bits per heavy atom. The first-order valence-electron chi connectivity index (χ1n) is 10.7. The Morgan fingerprint density at radius 3 is 2.78 bits per heavy atom. The van der Waals surface area contributed by atoms with Gasteiger partial charge in [0.25, 0.3) is 6.01 Å². The molecule has 0 aliphatic carbocycles. The van der Waals surface area contributed by atoms with Gasteiger partial charge in [0.2, 0.25) is 0 Å². The van der Waals surface area contributed by atoms with Crippen molar-refractivity contribution in [1.29, 1.82) is 0 Å². The highest BCUT2D eigenvalue weighted by atomic mass is 32.2. The van der Waals surface area contributed by atoms with Crippen LogP contribution in [0.25, 0.3) is 21.7 Å². The lowest BCUT2D eigenvalue weighted by atomic mass is 9.88. The van der Waals surface area contributed by atoms with Crippen LogP contribution in [0.15, 0.2) is 33.0 Å². The molecule has 3 saturated heterocycles. The number of carbonyl (C=O) groups excluding carboxylic acids is 1. The van der Waals surface area contributed by atoms with E-state index < -0.39 is 5.60 Å². The number of rotatable bonds is 5. The zero-order valence-electron chi connectivity index (χ0n) is 18.3. The van der Waals surface area contributed by atoms with E-state index in [1.165, 1.54) is 0 Å². The van der Waals surface area contributed by atoms with Crippen LogP contribution < -0.4 is 4.90 Å². The number of aliphatic hydroxyl groups excluding tert-OH is 1. The molecule has 10 heteroatoms. The number of ether oxygens (including phenoxy) is 1. The van der Waals surface area contributed by atoms with E-state index in [1.807, 2.05) is 43.2 Å². The Hall–Kier alpha value is -2.30. The standard InChI is InChI=1S/C22H26N4O4S2/c1-22(2,3)30-21(28)26-13-10-14(26)12-25(11-13)20-24-17-16(31-9-7-27)5-4-15(18(17)29-20)19-23-6-8-32-19/h4-6,8,13-14,27H,7,9-12H2,1-3H3. The average molecular weight is 475 g/mol. The van der Waals surface area contributed by atoms with Gasteiger partial charge >= 0.3 is 6.09 Å². The number of piperidine rings is 1. The summed E-state index contributed by atoms with van der Waals surface area (Å²) in [6.45, 7) is 7.08. The van der Waals surface area contributed by atoms with E-state index in [0.29, 0.717) is 30.4 Å². The number of hydrogen-bond donors (Lipinski definition) is 1. The maximum absolute atomic E-state index is 12.6. The average Bonchev–Trinajstić information content (AvgIpc) is 3.41. The number of hydrogen-bond acceptors (Lipinski definition) is 9. The molecule has 170 valence electrons. The smallest absolute Gasteiger partial charge is 0.410 e. The van der Waals surface area contributed by atoms with Gasteiger partial charge in [-0.15, -0.1) is 23.1 Å². The van der Waals surface area contributed by atoms with Crippen LogP contribution in [0.4, 0.5) is 10.8 Å². The summed E-state index contributed by atoms with van der Waals surface area (Å²) in [5.74, 6) is 0.590. The zero-order chi connectivity index (χ0) is 22.5. The zero-order valence-corrected chi connectivity index (χ0v) is 19.9. The maximum Gasteiger partial charge on any atom is 0.410 e. The molecular formula is C22H26N4O4S2. The van der Waals surface area contributed by atoms with E-state index >= 15 is 0 Å². The molecule has 2 atom stereocenters. The number of aliphatic hydroxyl groups is 1. The van der Waals surface area contributed by atoms with Crippen LogP contribution in [0, 0.1) is 0 Å². The predicted octanol–water partition coefficient (Wildman–Crippen LogP) is 4.23. The number of carbonyl (C=O) groups is 1. The van der Waals surface area contributed by atoms with Crippen LogP contribution >= 0.6 is 23.1 Å². The maximum atomic E-state index is 12.6. The number of fused-ring (bicyclic) bond motifs is 3. The fraction of sp³-hybridized carbons (Fsp3) is 0.500. The summed E-state index contributed by atoms with van der Waals surface area (Å²) in [6, 6.07) is 4.78. The molecule has 3 fully saturated rings. The third kappa shape index (κ3) is 3.95. The van der Waals surface area contributed by atoms with E-state index in [9.17, 15) is 9.90 Å². The van der Waals surface area contributed by atoms with Gasteiger partial charge in [0.1, 0.15) is 16.1 Å². The van der Waals surface area contributed by atoms with Gasteiger partial charge in [-0.3, -0.25) is 4.90 Å². The van der Waals surface area contributed by atoms with Gasteiger partial charge in [0, 0.05) is 35.3 Å². The van der Waals surface area contributed by atoms with Gasteiger partial charge in [-0.05, 0) is 39.3 Å². The summed E-state index contributed by atoms with van der Waals surface area (Å²) in [6.07, 6.45) is 2.50. The van der Waals surface area contributed by atoms with Gasteiger partial charge in [-0.2, -0.15) is 4.98 Å². The summed E-state index contributed by atoms with van der Waals surface area (Å²) in [7, 11) is 0. The molecule has 32 heavy (non-hydrogen) atoms. The molecule has 0 radical (unpaired) electrons. The highest BCUT2D eigenvalue weighted by Gasteiger charge is 2.49. The molecule has 0 saturated carbocycles. The van der Waals surface area contributed by atoms with Gasteiger partial charge in [0.05, 0.1) is 24.3 Å². The van der Waals surface area contributed by atoms with E-state index in [1.54, 1.807) is 29.3 Å². The minimum absolute atomic E-state index is 0.0975. The first-order chi connectivity index (χ1) is 15.3. The molecular weight excluding hydrogens is 448 g/mol. The van der Waals surface area contributed by atoms with Crippen molar-refractivity contribution < 1.29 is 19.1 Å². The molecule has 6 rings (SSSR count). The van der Waals surface area contributed by atoms with Crippen LogP contribution in [-0.2, 0) is 4.74 Å². The Labute approximate surface area is 194 Å². The second-order valence-corrected chi connectivity index (χ2v) is 11.1. The monoisotopic (exact) mass is 474 g/mol. The van der Waals surface area contributed by atoms with E-state index in [2.05, 4.69) is 9.88 Å². The SMILES string of the molecule is CC(C)(C)OC(=O)N1C2CC1CN(c1nc3c(SCCO)ccc(-c4nccs4)c3o1)C2. The summed E-state index contributed by atoms with van der Waals surface area (Å²) >= 11 is 3.11. The molecule has 3 aliphatic heterocycles. The van der Waals surface area contributed by atoms with Crippen molar-refractivity contribution in [3.63, 3.8) is 0 Å². The number of piperazine rings is 1. The third-order valence-electron chi connectivity index (χ3n) is 5.57. The molecule has 2 bridgehead atoms. The summed E-state index contributed by atoms with van der Waals surface area (Å²) < 4.78 is 11.9. The Morgan fingerprint density at radius 1 is 1.34 bits per heavy atom. The Bertz CT molecular complexity index is 1110. The molecule has 3 aromatic rings. The van der Waals surface area contributed by atoms with Gasteiger partial charge in [-0.1, -0.05) is 0 Å². The molecule has 2 unspecified atom stereocenters. The quantitative estimate of drug-likeness (QED) is 0.549. The number of thiazole rings is 1. The number of aromatic nitrogens is 2. The van der Waals surface area contributed by atoms with Crippen molar-refractivity contribution in [1.82, 2.24) is 14.9 Å². The van der Waals surface area contributed by atoms with Crippen LogP contribution in [0.1, 0.15) is 27.2 Å². The molecule has 8 nitrogen and oxygen atoms in total. The number of oxazole rings is 1. The van der Waals surface area contributed by atoms with Crippen molar-refractivity contribution in [2.75, 3.05) is 30.3 Å². The van der Waals surface area contributed by atoms with Crippen molar-refractivity contribution in [3.05, 3.63) is 23.7 Å². The fourth-order valence-electron chi connectivity index (χ4n) is 4.28. The molecule has 2 aromatic heterocycles.